The Morgan fingerprint density at radius 3 is 2.56 bits per heavy atom. The number of hydrogen-bond donors (Lipinski definition) is 0. The number of benzene rings is 1. The van der Waals surface area contributed by atoms with Gasteiger partial charge in [0.05, 0.1) is 23.2 Å². The second-order valence-electron chi connectivity index (χ2n) is 5.79. The molecular formula is C16H17F3N6OS. The Balaban J connectivity index is 1.65. The molecule has 0 aliphatic rings. The summed E-state index contributed by atoms with van der Waals surface area (Å²) in [7, 11) is -1.23. The number of tetrazole rings is 1. The van der Waals surface area contributed by atoms with Crippen molar-refractivity contribution < 1.29 is 17.4 Å². The molecule has 0 saturated heterocycles. The van der Waals surface area contributed by atoms with Crippen LogP contribution in [0.2, 0.25) is 0 Å². The Hall–Kier alpha value is -2.56. The summed E-state index contributed by atoms with van der Waals surface area (Å²) >= 11 is 0. The first-order valence-electron chi connectivity index (χ1n) is 8.18. The van der Waals surface area contributed by atoms with Crippen LogP contribution in [0.15, 0.2) is 36.7 Å². The van der Waals surface area contributed by atoms with Gasteiger partial charge in [-0.3, -0.25) is 8.89 Å². The Morgan fingerprint density at radius 1 is 1.19 bits per heavy atom. The summed E-state index contributed by atoms with van der Waals surface area (Å²) in [5.74, 6) is 0.850. The standard InChI is InChI=1S/C16H17F3N6OS/c1-2-24-10-12(9-20-24)7-8-27(26)11-15-21-22-23-25(15)14-5-3-13(4-6-14)16(17,18)19/h3-6,9-10H,2,7-8,11H2,1H3. The molecule has 0 aliphatic heterocycles. The number of aryl methyl sites for hydroxylation is 2. The first kappa shape index (κ1) is 19.2. The minimum absolute atomic E-state index is 0.107. The maximum Gasteiger partial charge on any atom is 0.416 e. The van der Waals surface area contributed by atoms with Gasteiger partial charge in [-0.25, -0.2) is 0 Å². The van der Waals surface area contributed by atoms with Gasteiger partial charge in [-0.15, -0.1) is 5.10 Å². The van der Waals surface area contributed by atoms with Gasteiger partial charge in [-0.2, -0.15) is 23.0 Å². The average molecular weight is 398 g/mol. The summed E-state index contributed by atoms with van der Waals surface area (Å²) in [5.41, 5.74) is 0.619. The summed E-state index contributed by atoms with van der Waals surface area (Å²) in [6.45, 7) is 2.75. The van der Waals surface area contributed by atoms with Crippen LogP contribution in [0, 0.1) is 0 Å². The van der Waals surface area contributed by atoms with Gasteiger partial charge in [0.15, 0.2) is 5.82 Å². The summed E-state index contributed by atoms with van der Waals surface area (Å²) in [6.07, 6.45) is -0.153. The van der Waals surface area contributed by atoms with Crippen molar-refractivity contribution >= 4 is 10.8 Å². The lowest BCUT2D eigenvalue weighted by molar-refractivity contribution is -0.137. The van der Waals surface area contributed by atoms with Crippen LogP contribution in [-0.4, -0.2) is 39.9 Å². The van der Waals surface area contributed by atoms with Gasteiger partial charge in [0, 0.05) is 29.3 Å². The number of halogens is 3. The molecule has 3 aromatic rings. The zero-order valence-corrected chi connectivity index (χ0v) is 15.2. The van der Waals surface area contributed by atoms with Gasteiger partial charge < -0.3 is 0 Å². The maximum absolute atomic E-state index is 12.7. The molecule has 0 aliphatic carbocycles. The van der Waals surface area contributed by atoms with Gasteiger partial charge in [0.2, 0.25) is 0 Å². The van der Waals surface area contributed by atoms with Crippen LogP contribution in [0.1, 0.15) is 23.9 Å². The smallest absolute Gasteiger partial charge is 0.273 e. The normalized spacial score (nSPS) is 13.0. The number of rotatable bonds is 7. The van der Waals surface area contributed by atoms with E-state index >= 15 is 0 Å². The van der Waals surface area contributed by atoms with Crippen LogP contribution in [0.4, 0.5) is 13.2 Å². The molecule has 0 saturated carbocycles. The first-order valence-corrected chi connectivity index (χ1v) is 9.67. The van der Waals surface area contributed by atoms with Gasteiger partial charge >= 0.3 is 6.18 Å². The molecule has 0 radical (unpaired) electrons. The van der Waals surface area contributed by atoms with Crippen molar-refractivity contribution in [3.63, 3.8) is 0 Å². The van der Waals surface area contributed by atoms with Crippen molar-refractivity contribution in [3.05, 3.63) is 53.6 Å². The quantitative estimate of drug-likeness (QED) is 0.611. The van der Waals surface area contributed by atoms with Gasteiger partial charge in [0.25, 0.3) is 0 Å². The van der Waals surface area contributed by atoms with E-state index < -0.39 is 22.5 Å². The monoisotopic (exact) mass is 398 g/mol. The molecule has 27 heavy (non-hydrogen) atoms. The maximum atomic E-state index is 12.7. The Labute approximate surface area is 155 Å². The highest BCUT2D eigenvalue weighted by Gasteiger charge is 2.30. The average Bonchev–Trinajstić information content (AvgIpc) is 3.28. The molecule has 2 heterocycles. The van der Waals surface area contributed by atoms with Crippen molar-refractivity contribution in [2.45, 2.75) is 31.8 Å². The van der Waals surface area contributed by atoms with Gasteiger partial charge in [-0.05, 0) is 53.6 Å². The lowest BCUT2D eigenvalue weighted by Gasteiger charge is -2.08. The number of hydrogen-bond acceptors (Lipinski definition) is 5. The Morgan fingerprint density at radius 2 is 1.93 bits per heavy atom. The van der Waals surface area contributed by atoms with E-state index in [9.17, 15) is 17.4 Å². The minimum Gasteiger partial charge on any atom is -0.273 e. The molecule has 1 unspecified atom stereocenters. The molecule has 11 heteroatoms. The fourth-order valence-corrected chi connectivity index (χ4v) is 3.52. The fourth-order valence-electron chi connectivity index (χ4n) is 2.44. The van der Waals surface area contributed by atoms with Gasteiger partial charge in [-0.1, -0.05) is 0 Å². The highest BCUT2D eigenvalue weighted by molar-refractivity contribution is 7.84. The third-order valence-corrected chi connectivity index (χ3v) is 5.13. The lowest BCUT2D eigenvalue weighted by Crippen LogP contribution is -2.10. The van der Waals surface area contributed by atoms with E-state index in [2.05, 4.69) is 20.6 Å². The van der Waals surface area contributed by atoms with Crippen molar-refractivity contribution in [2.75, 3.05) is 5.75 Å². The Kier molecular flexibility index (Phi) is 5.68. The predicted molar refractivity (Wildman–Crippen MR) is 92.5 cm³/mol. The second kappa shape index (κ2) is 7.99. The molecular weight excluding hydrogens is 381 g/mol. The van der Waals surface area contributed by atoms with E-state index in [1.165, 1.54) is 16.8 Å². The molecule has 0 N–H and O–H groups in total. The minimum atomic E-state index is -4.41. The molecule has 1 atom stereocenters. The SMILES string of the molecule is CCn1cc(CCS(=O)Cc2nnnn2-c2ccc(C(F)(F)F)cc2)cn1. The third-order valence-electron chi connectivity index (χ3n) is 3.89. The van der Waals surface area contributed by atoms with Crippen LogP contribution in [0.3, 0.4) is 0 Å². The molecule has 144 valence electrons. The molecule has 2 aromatic heterocycles. The van der Waals surface area contributed by atoms with Gasteiger partial charge in [0.1, 0.15) is 0 Å². The van der Waals surface area contributed by atoms with E-state index in [4.69, 9.17) is 0 Å². The van der Waals surface area contributed by atoms with E-state index in [0.717, 1.165) is 24.2 Å². The highest BCUT2D eigenvalue weighted by atomic mass is 32.2. The third kappa shape index (κ3) is 4.79. The van der Waals surface area contributed by atoms with Crippen LogP contribution in [0.25, 0.3) is 5.69 Å². The van der Waals surface area contributed by atoms with Crippen molar-refractivity contribution in [1.82, 2.24) is 30.0 Å². The molecule has 0 bridgehead atoms. The molecule has 7 nitrogen and oxygen atoms in total. The molecule has 1 aromatic carbocycles. The van der Waals surface area contributed by atoms with E-state index in [-0.39, 0.29) is 5.75 Å². The van der Waals surface area contributed by atoms with Crippen molar-refractivity contribution in [2.24, 2.45) is 0 Å². The zero-order valence-electron chi connectivity index (χ0n) is 14.4. The van der Waals surface area contributed by atoms with E-state index in [1.807, 2.05) is 13.1 Å². The molecule has 0 fully saturated rings. The second-order valence-corrected chi connectivity index (χ2v) is 7.37. The van der Waals surface area contributed by atoms with Crippen LogP contribution < -0.4 is 0 Å². The van der Waals surface area contributed by atoms with Crippen LogP contribution in [0.5, 0.6) is 0 Å². The summed E-state index contributed by atoms with van der Waals surface area (Å²) < 4.78 is 53.5. The summed E-state index contributed by atoms with van der Waals surface area (Å²) in [4.78, 5) is 0. The van der Waals surface area contributed by atoms with Crippen LogP contribution >= 0.6 is 0 Å². The van der Waals surface area contributed by atoms with Crippen molar-refractivity contribution in [3.8, 4) is 5.69 Å². The summed E-state index contributed by atoms with van der Waals surface area (Å²) in [5, 5.41) is 15.4. The fraction of sp³-hybridized carbons (Fsp3) is 0.375. The Bertz CT molecular complexity index is 919. The zero-order chi connectivity index (χ0) is 19.4. The number of aromatic nitrogens is 6. The highest BCUT2D eigenvalue weighted by Crippen LogP contribution is 2.29. The summed E-state index contributed by atoms with van der Waals surface area (Å²) in [6, 6.07) is 4.49. The van der Waals surface area contributed by atoms with E-state index in [0.29, 0.717) is 23.7 Å². The van der Waals surface area contributed by atoms with Crippen LogP contribution in [-0.2, 0) is 35.7 Å². The van der Waals surface area contributed by atoms with E-state index in [1.54, 1.807) is 10.9 Å². The predicted octanol–water partition coefficient (Wildman–Crippen LogP) is 2.39. The molecule has 0 spiro atoms. The molecule has 3 rings (SSSR count). The first-order chi connectivity index (χ1) is 12.9. The largest absolute Gasteiger partial charge is 0.416 e. The topological polar surface area (TPSA) is 78.5 Å². The number of alkyl halides is 3. The van der Waals surface area contributed by atoms with Crippen molar-refractivity contribution in [1.29, 1.82) is 0 Å². The lowest BCUT2D eigenvalue weighted by atomic mass is 10.2. The molecule has 0 amide bonds. The number of nitrogens with zero attached hydrogens (tertiary/aromatic N) is 6.